The smallest absolute Gasteiger partial charge is 0.223 e. The molecule has 3 rings (SSSR count). The van der Waals surface area contributed by atoms with Crippen LogP contribution < -0.4 is 10.1 Å². The minimum Gasteiger partial charge on any atom is -0.493 e. The average molecular weight is 313 g/mol. The second-order valence-corrected chi connectivity index (χ2v) is 6.10. The topological polar surface area (TPSA) is 56.1 Å². The van der Waals surface area contributed by atoms with Crippen LogP contribution in [0.3, 0.4) is 0 Å². The summed E-state index contributed by atoms with van der Waals surface area (Å²) in [6.45, 7) is 5.30. The SMILES string of the molecule is Cc1cccc(OCCC(=O)N[C@@H]2CCc3nccn3C2)c1C. The lowest BCUT2D eigenvalue weighted by Gasteiger charge is -2.24. The summed E-state index contributed by atoms with van der Waals surface area (Å²) in [7, 11) is 0. The number of rotatable bonds is 5. The molecule has 122 valence electrons. The number of carbonyl (C=O) groups excluding carboxylic acids is 1. The summed E-state index contributed by atoms with van der Waals surface area (Å²) in [4.78, 5) is 16.4. The van der Waals surface area contributed by atoms with Gasteiger partial charge in [0.1, 0.15) is 11.6 Å². The average Bonchev–Trinajstić information content (AvgIpc) is 2.99. The van der Waals surface area contributed by atoms with E-state index in [1.807, 2.05) is 31.5 Å². The van der Waals surface area contributed by atoms with Crippen LogP contribution in [-0.2, 0) is 17.8 Å². The highest BCUT2D eigenvalue weighted by molar-refractivity contribution is 5.76. The minimum absolute atomic E-state index is 0.0453. The molecule has 0 radical (unpaired) electrons. The van der Waals surface area contributed by atoms with Crippen molar-refractivity contribution in [3.05, 3.63) is 47.5 Å². The second-order valence-electron chi connectivity index (χ2n) is 6.10. The van der Waals surface area contributed by atoms with Gasteiger partial charge < -0.3 is 14.6 Å². The number of fused-ring (bicyclic) bond motifs is 1. The maximum Gasteiger partial charge on any atom is 0.223 e. The number of imidazole rings is 1. The van der Waals surface area contributed by atoms with Crippen molar-refractivity contribution in [2.45, 2.75) is 45.7 Å². The van der Waals surface area contributed by atoms with Gasteiger partial charge >= 0.3 is 0 Å². The molecule has 1 amide bonds. The first-order chi connectivity index (χ1) is 11.1. The summed E-state index contributed by atoms with van der Waals surface area (Å²) in [6.07, 6.45) is 6.02. The summed E-state index contributed by atoms with van der Waals surface area (Å²) in [5.74, 6) is 2.01. The standard InChI is InChI=1S/C18H23N3O2/c1-13-4-3-5-16(14(13)2)23-11-8-18(22)20-15-6-7-17-19-9-10-21(17)12-15/h3-5,9-10,15H,6-8,11-12H2,1-2H3,(H,20,22)/t15-/m1/s1. The first-order valence-electron chi connectivity index (χ1n) is 8.12. The first-order valence-corrected chi connectivity index (χ1v) is 8.12. The molecule has 0 saturated carbocycles. The highest BCUT2D eigenvalue weighted by atomic mass is 16.5. The Labute approximate surface area is 136 Å². The molecule has 5 heteroatoms. The maximum absolute atomic E-state index is 12.1. The second kappa shape index (κ2) is 6.86. The van der Waals surface area contributed by atoms with E-state index in [-0.39, 0.29) is 11.9 Å². The number of amides is 1. The van der Waals surface area contributed by atoms with E-state index in [1.54, 1.807) is 0 Å². The van der Waals surface area contributed by atoms with Crippen LogP contribution in [-0.4, -0.2) is 28.1 Å². The predicted molar refractivity (Wildman–Crippen MR) is 88.5 cm³/mol. The summed E-state index contributed by atoms with van der Waals surface area (Å²) in [5.41, 5.74) is 2.33. The number of aryl methyl sites for hydroxylation is 2. The molecule has 1 aliphatic heterocycles. The van der Waals surface area contributed by atoms with E-state index in [0.717, 1.165) is 36.5 Å². The zero-order chi connectivity index (χ0) is 16.2. The third kappa shape index (κ3) is 3.73. The normalized spacial score (nSPS) is 16.7. The lowest BCUT2D eigenvalue weighted by atomic mass is 10.1. The van der Waals surface area contributed by atoms with Crippen LogP contribution in [0.25, 0.3) is 0 Å². The summed E-state index contributed by atoms with van der Waals surface area (Å²) in [6, 6.07) is 6.16. The van der Waals surface area contributed by atoms with E-state index >= 15 is 0 Å². The Hall–Kier alpha value is -2.30. The van der Waals surface area contributed by atoms with Gasteiger partial charge in [-0.15, -0.1) is 0 Å². The fourth-order valence-corrected chi connectivity index (χ4v) is 2.92. The van der Waals surface area contributed by atoms with Crippen molar-refractivity contribution in [1.29, 1.82) is 0 Å². The molecule has 0 fully saturated rings. The van der Waals surface area contributed by atoms with Crippen molar-refractivity contribution >= 4 is 5.91 Å². The Morgan fingerprint density at radius 2 is 2.30 bits per heavy atom. The largest absolute Gasteiger partial charge is 0.493 e. The molecule has 2 aromatic rings. The number of hydrogen-bond acceptors (Lipinski definition) is 3. The van der Waals surface area contributed by atoms with E-state index in [0.29, 0.717) is 13.0 Å². The molecule has 0 aliphatic carbocycles. The van der Waals surface area contributed by atoms with E-state index in [4.69, 9.17) is 4.74 Å². The van der Waals surface area contributed by atoms with Crippen LogP contribution in [0.5, 0.6) is 5.75 Å². The third-order valence-corrected chi connectivity index (χ3v) is 4.44. The molecule has 1 aliphatic rings. The number of benzene rings is 1. The Balaban J connectivity index is 1.44. The Bertz CT molecular complexity index is 693. The molecule has 1 aromatic carbocycles. The van der Waals surface area contributed by atoms with Crippen LogP contribution in [0, 0.1) is 13.8 Å². The van der Waals surface area contributed by atoms with Crippen molar-refractivity contribution in [3.63, 3.8) is 0 Å². The van der Waals surface area contributed by atoms with Gasteiger partial charge in [-0.3, -0.25) is 4.79 Å². The van der Waals surface area contributed by atoms with Gasteiger partial charge in [-0.2, -0.15) is 0 Å². The van der Waals surface area contributed by atoms with Crippen LogP contribution in [0.2, 0.25) is 0 Å². The molecule has 1 aromatic heterocycles. The van der Waals surface area contributed by atoms with Crippen molar-refractivity contribution in [1.82, 2.24) is 14.9 Å². The van der Waals surface area contributed by atoms with Gasteiger partial charge in [-0.05, 0) is 37.5 Å². The van der Waals surface area contributed by atoms with Gasteiger partial charge in [-0.1, -0.05) is 12.1 Å². The molecule has 0 spiro atoms. The van der Waals surface area contributed by atoms with Crippen molar-refractivity contribution < 1.29 is 9.53 Å². The molecule has 1 N–H and O–H groups in total. The summed E-state index contributed by atoms with van der Waals surface area (Å²) < 4.78 is 7.86. The third-order valence-electron chi connectivity index (χ3n) is 4.44. The van der Waals surface area contributed by atoms with E-state index < -0.39 is 0 Å². The van der Waals surface area contributed by atoms with E-state index in [2.05, 4.69) is 27.9 Å². The number of nitrogens with zero attached hydrogens (tertiary/aromatic N) is 2. The molecular formula is C18H23N3O2. The van der Waals surface area contributed by atoms with Gasteiger partial charge in [0.05, 0.1) is 13.0 Å². The predicted octanol–water partition coefficient (Wildman–Crippen LogP) is 2.40. The van der Waals surface area contributed by atoms with Crippen molar-refractivity contribution in [2.75, 3.05) is 6.61 Å². The molecule has 2 heterocycles. The van der Waals surface area contributed by atoms with Crippen LogP contribution in [0.1, 0.15) is 29.8 Å². The number of hydrogen-bond donors (Lipinski definition) is 1. The van der Waals surface area contributed by atoms with Crippen LogP contribution in [0.4, 0.5) is 0 Å². The van der Waals surface area contributed by atoms with Gasteiger partial charge in [0, 0.05) is 31.4 Å². The van der Waals surface area contributed by atoms with Crippen molar-refractivity contribution in [2.24, 2.45) is 0 Å². The Morgan fingerprint density at radius 3 is 3.17 bits per heavy atom. The van der Waals surface area contributed by atoms with Gasteiger partial charge in [0.2, 0.25) is 5.91 Å². The zero-order valence-electron chi connectivity index (χ0n) is 13.7. The van der Waals surface area contributed by atoms with Gasteiger partial charge in [0.15, 0.2) is 0 Å². The van der Waals surface area contributed by atoms with Crippen LogP contribution in [0.15, 0.2) is 30.6 Å². The van der Waals surface area contributed by atoms with Gasteiger partial charge in [-0.25, -0.2) is 4.98 Å². The van der Waals surface area contributed by atoms with Crippen LogP contribution >= 0.6 is 0 Å². The highest BCUT2D eigenvalue weighted by Crippen LogP contribution is 2.20. The lowest BCUT2D eigenvalue weighted by Crippen LogP contribution is -2.41. The summed E-state index contributed by atoms with van der Waals surface area (Å²) >= 11 is 0. The molecule has 5 nitrogen and oxygen atoms in total. The van der Waals surface area contributed by atoms with E-state index in [9.17, 15) is 4.79 Å². The quantitative estimate of drug-likeness (QED) is 0.922. The fourth-order valence-electron chi connectivity index (χ4n) is 2.92. The molecule has 0 bridgehead atoms. The Morgan fingerprint density at radius 1 is 1.43 bits per heavy atom. The Kier molecular flexibility index (Phi) is 4.65. The lowest BCUT2D eigenvalue weighted by molar-refractivity contribution is -0.122. The molecule has 1 atom stereocenters. The number of ether oxygens (including phenoxy) is 1. The first kappa shape index (κ1) is 15.6. The number of nitrogens with one attached hydrogen (secondary N) is 1. The van der Waals surface area contributed by atoms with E-state index in [1.165, 1.54) is 5.56 Å². The summed E-state index contributed by atoms with van der Waals surface area (Å²) in [5, 5.41) is 3.09. The monoisotopic (exact) mass is 313 g/mol. The van der Waals surface area contributed by atoms with Crippen molar-refractivity contribution in [3.8, 4) is 5.75 Å². The number of carbonyl (C=O) groups is 1. The zero-order valence-corrected chi connectivity index (χ0v) is 13.7. The van der Waals surface area contributed by atoms with Gasteiger partial charge in [0.25, 0.3) is 0 Å². The maximum atomic E-state index is 12.1. The number of aromatic nitrogens is 2. The molecule has 0 unspecified atom stereocenters. The molecular weight excluding hydrogens is 290 g/mol. The molecule has 23 heavy (non-hydrogen) atoms. The highest BCUT2D eigenvalue weighted by Gasteiger charge is 2.20. The minimum atomic E-state index is 0.0453. The fraction of sp³-hybridized carbons (Fsp3) is 0.444. The molecule has 0 saturated heterocycles.